The van der Waals surface area contributed by atoms with Crippen LogP contribution in [0.5, 0.6) is 0 Å². The zero-order valence-electron chi connectivity index (χ0n) is 27.0. The number of halogens is 1. The van der Waals surface area contributed by atoms with Gasteiger partial charge in [0.1, 0.15) is 5.69 Å². The first-order valence-electron chi connectivity index (χ1n) is 15.7. The maximum absolute atomic E-state index is 13.8. The van der Waals surface area contributed by atoms with E-state index in [0.29, 0.717) is 11.6 Å². The fourth-order valence-electron chi connectivity index (χ4n) is 5.73. The van der Waals surface area contributed by atoms with Crippen molar-refractivity contribution in [2.75, 3.05) is 13.2 Å². The summed E-state index contributed by atoms with van der Waals surface area (Å²) in [4.78, 5) is 13.8. The van der Waals surface area contributed by atoms with Crippen molar-refractivity contribution in [3.63, 3.8) is 0 Å². The molecule has 1 fully saturated rings. The van der Waals surface area contributed by atoms with E-state index < -0.39 is 8.32 Å². The number of aryl methyl sites for hydroxylation is 1. The predicted molar refractivity (Wildman–Crippen MR) is 183 cm³/mol. The monoisotopic (exact) mass is 643 g/mol. The molecule has 2 aromatic carbocycles. The highest BCUT2D eigenvalue weighted by Crippen LogP contribution is 2.38. The molecule has 2 atom stereocenters. The van der Waals surface area contributed by atoms with Crippen LogP contribution in [-0.4, -0.2) is 45.7 Å². The smallest absolute Gasteiger partial charge is 0.251 e. The number of rotatable bonds is 8. The Kier molecular flexibility index (Phi) is 8.65. The van der Waals surface area contributed by atoms with Gasteiger partial charge in [0.2, 0.25) is 0 Å². The van der Waals surface area contributed by atoms with Crippen molar-refractivity contribution in [3.05, 3.63) is 94.0 Å². The van der Waals surface area contributed by atoms with Gasteiger partial charge in [0, 0.05) is 42.5 Å². The number of hydrogen-bond acceptors (Lipinski definition) is 5. The van der Waals surface area contributed by atoms with Crippen LogP contribution in [0.1, 0.15) is 57.9 Å². The average molecular weight is 644 g/mol. The Morgan fingerprint density at radius 3 is 2.53 bits per heavy atom. The highest BCUT2D eigenvalue weighted by Gasteiger charge is 2.38. The molecule has 10 heteroatoms. The van der Waals surface area contributed by atoms with Gasteiger partial charge in [0.25, 0.3) is 5.56 Å². The number of aromatic nitrogens is 5. The molecule has 1 aliphatic rings. The van der Waals surface area contributed by atoms with Gasteiger partial charge in [-0.15, -0.1) is 0 Å². The van der Waals surface area contributed by atoms with Gasteiger partial charge in [-0.25, -0.2) is 4.68 Å². The molecule has 6 rings (SSSR count). The van der Waals surface area contributed by atoms with Crippen molar-refractivity contribution in [2.45, 2.75) is 70.4 Å². The highest BCUT2D eigenvalue weighted by atomic mass is 35.5. The second kappa shape index (κ2) is 12.4. The van der Waals surface area contributed by atoms with Gasteiger partial charge in [-0.2, -0.15) is 10.2 Å². The second-order valence-electron chi connectivity index (χ2n) is 13.5. The van der Waals surface area contributed by atoms with E-state index >= 15 is 0 Å². The van der Waals surface area contributed by atoms with Crippen molar-refractivity contribution in [1.29, 1.82) is 0 Å². The molecule has 1 unspecified atom stereocenters. The minimum absolute atomic E-state index is 0.0462. The van der Waals surface area contributed by atoms with Crippen LogP contribution in [0.15, 0.2) is 77.9 Å². The van der Waals surface area contributed by atoms with E-state index in [2.05, 4.69) is 57.2 Å². The summed E-state index contributed by atoms with van der Waals surface area (Å²) in [6.45, 7) is 12.2. The molecule has 0 saturated carbocycles. The van der Waals surface area contributed by atoms with Crippen LogP contribution in [0, 0.1) is 0 Å². The Hall–Kier alpha value is -3.50. The van der Waals surface area contributed by atoms with Gasteiger partial charge in [-0.1, -0.05) is 50.6 Å². The Labute approximate surface area is 270 Å². The third kappa shape index (κ3) is 6.31. The lowest BCUT2D eigenvalue weighted by atomic mass is 10.0. The molecule has 3 aromatic heterocycles. The number of nitrogens with zero attached hydrogens (tertiary/aromatic N) is 5. The second-order valence-corrected chi connectivity index (χ2v) is 18.7. The van der Waals surface area contributed by atoms with Crippen LogP contribution in [0.25, 0.3) is 33.4 Å². The van der Waals surface area contributed by atoms with Gasteiger partial charge in [0.15, 0.2) is 14.5 Å². The molecule has 0 amide bonds. The fraction of sp³-hybridized carbons (Fsp3) is 0.400. The van der Waals surface area contributed by atoms with Crippen molar-refractivity contribution >= 4 is 30.8 Å². The number of ether oxygens (including phenoxy) is 1. The minimum atomic E-state index is -2.07. The molecule has 4 heterocycles. The summed E-state index contributed by atoms with van der Waals surface area (Å²) >= 11 is 6.40. The summed E-state index contributed by atoms with van der Waals surface area (Å²) in [5.41, 5.74) is 5.39. The fourth-order valence-corrected chi connectivity index (χ4v) is 6.94. The first-order valence-corrected chi connectivity index (χ1v) is 19.0. The molecule has 45 heavy (non-hydrogen) atoms. The molecule has 0 bridgehead atoms. The lowest BCUT2D eigenvalue weighted by molar-refractivity contribution is -0.0365. The van der Waals surface area contributed by atoms with Gasteiger partial charge >= 0.3 is 0 Å². The Balaban J connectivity index is 1.39. The van der Waals surface area contributed by atoms with Crippen LogP contribution < -0.4 is 5.56 Å². The summed E-state index contributed by atoms with van der Waals surface area (Å²) in [5.74, 6) is 0. The van der Waals surface area contributed by atoms with E-state index in [-0.39, 0.29) is 22.9 Å². The molecule has 1 saturated heterocycles. The highest BCUT2D eigenvalue weighted by molar-refractivity contribution is 6.74. The normalized spacial score (nSPS) is 16.7. The quantitative estimate of drug-likeness (QED) is 0.159. The van der Waals surface area contributed by atoms with Gasteiger partial charge in [0.05, 0.1) is 23.9 Å². The van der Waals surface area contributed by atoms with Crippen molar-refractivity contribution < 1.29 is 9.16 Å². The first kappa shape index (κ1) is 31.5. The van der Waals surface area contributed by atoms with Crippen molar-refractivity contribution in [3.8, 4) is 22.5 Å². The molecule has 0 aliphatic carbocycles. The summed E-state index contributed by atoms with van der Waals surface area (Å²) < 4.78 is 18.4. The van der Waals surface area contributed by atoms with Gasteiger partial charge in [-0.3, -0.25) is 9.48 Å². The lowest BCUT2D eigenvalue weighted by Gasteiger charge is -2.37. The van der Waals surface area contributed by atoms with E-state index in [1.54, 1.807) is 16.8 Å². The molecule has 8 nitrogen and oxygen atoms in total. The van der Waals surface area contributed by atoms with E-state index in [4.69, 9.17) is 25.9 Å². The van der Waals surface area contributed by atoms with Gasteiger partial charge < -0.3 is 13.7 Å². The summed E-state index contributed by atoms with van der Waals surface area (Å²) in [6, 6.07) is 19.3. The van der Waals surface area contributed by atoms with Crippen molar-refractivity contribution in [2.24, 2.45) is 7.05 Å². The average Bonchev–Trinajstić information content (AvgIpc) is 3.60. The van der Waals surface area contributed by atoms with Gasteiger partial charge in [-0.05, 0) is 90.5 Å². The largest absolute Gasteiger partial charge is 0.414 e. The summed E-state index contributed by atoms with van der Waals surface area (Å²) in [7, 11) is -0.146. The topological polar surface area (TPSA) is 76.1 Å². The third-order valence-electron chi connectivity index (χ3n) is 9.46. The number of hydrogen-bond donors (Lipinski definition) is 0. The molecular weight excluding hydrogens is 602 g/mol. The molecule has 0 radical (unpaired) electrons. The summed E-state index contributed by atoms with van der Waals surface area (Å²) in [5, 5.41) is 11.1. The van der Waals surface area contributed by atoms with Crippen LogP contribution in [0.2, 0.25) is 23.2 Å². The maximum atomic E-state index is 13.8. The standard InChI is InChI=1S/C35H42ClN5O3Si/c1-35(2,3)45(5,6)44-23-31(26-10-9-11-27(36)20-26)40-18-16-25(22-32(40)42)24-13-14-29-28(21-24)34(30-15-17-37-39(30)4)38-41(29)33-12-7-8-19-43-33/h9-11,13-18,20-22,31,33H,7-8,12,19,23H2,1-6H3/t31-,33?/m1/s1. The minimum Gasteiger partial charge on any atom is -0.414 e. The number of pyridine rings is 1. The molecule has 1 aliphatic heterocycles. The van der Waals surface area contributed by atoms with E-state index in [9.17, 15) is 4.79 Å². The molecule has 236 valence electrons. The van der Waals surface area contributed by atoms with E-state index in [1.807, 2.05) is 59.0 Å². The SMILES string of the molecule is Cn1nccc1-c1nn(C2CCCCO2)c2ccc(-c3ccn([C@H](CO[Si](C)(C)C(C)(C)C)c4cccc(Cl)c4)c(=O)c3)cc12. The zero-order valence-corrected chi connectivity index (χ0v) is 28.7. The Morgan fingerprint density at radius 1 is 1.07 bits per heavy atom. The number of fused-ring (bicyclic) bond motifs is 1. The molecule has 5 aromatic rings. The summed E-state index contributed by atoms with van der Waals surface area (Å²) in [6.07, 6.45) is 6.67. The maximum Gasteiger partial charge on any atom is 0.251 e. The number of benzene rings is 2. The van der Waals surface area contributed by atoms with Crippen LogP contribution >= 0.6 is 11.6 Å². The lowest BCUT2D eigenvalue weighted by Crippen LogP contribution is -2.43. The molecule has 0 spiro atoms. The third-order valence-corrected chi connectivity index (χ3v) is 14.2. The first-order chi connectivity index (χ1) is 21.4. The van der Waals surface area contributed by atoms with E-state index in [1.165, 1.54) is 0 Å². The van der Waals surface area contributed by atoms with Crippen LogP contribution in [0.3, 0.4) is 0 Å². The van der Waals surface area contributed by atoms with Crippen molar-refractivity contribution in [1.82, 2.24) is 24.1 Å². The zero-order chi connectivity index (χ0) is 31.9. The van der Waals surface area contributed by atoms with E-state index in [0.717, 1.165) is 64.9 Å². The predicted octanol–water partition coefficient (Wildman–Crippen LogP) is 8.23. The van der Waals surface area contributed by atoms with Crippen LogP contribution in [-0.2, 0) is 16.2 Å². The Morgan fingerprint density at radius 2 is 1.87 bits per heavy atom. The Bertz CT molecular complexity index is 1880. The molecular formula is C35H42ClN5O3Si. The van der Waals surface area contributed by atoms with Crippen LogP contribution in [0.4, 0.5) is 0 Å². The molecule has 0 N–H and O–H groups in total.